The summed E-state index contributed by atoms with van der Waals surface area (Å²) in [5.74, 6) is 1.77. The van der Waals surface area contributed by atoms with Crippen LogP contribution >= 0.6 is 0 Å². The van der Waals surface area contributed by atoms with E-state index in [0.29, 0.717) is 5.92 Å². The molecule has 0 saturated carbocycles. The van der Waals surface area contributed by atoms with Crippen LogP contribution in [0, 0.1) is 19.8 Å². The molecule has 1 aliphatic rings. The second-order valence-electron chi connectivity index (χ2n) is 7.55. The third-order valence-corrected chi connectivity index (χ3v) is 5.57. The first-order valence-corrected chi connectivity index (χ1v) is 10.1. The predicted octanol–water partition coefficient (Wildman–Crippen LogP) is 3.11. The van der Waals surface area contributed by atoms with E-state index in [0.717, 1.165) is 50.7 Å². The molecule has 1 aromatic carbocycles. The number of aliphatic imine (C=N–C) groups is 1. The van der Waals surface area contributed by atoms with Crippen molar-refractivity contribution >= 4 is 5.96 Å². The maximum Gasteiger partial charge on any atom is 0.193 e. The van der Waals surface area contributed by atoms with Crippen molar-refractivity contribution in [1.29, 1.82) is 0 Å². The smallest absolute Gasteiger partial charge is 0.193 e. The number of nitrogens with one attached hydrogen (secondary N) is 1. The van der Waals surface area contributed by atoms with Crippen LogP contribution in [-0.2, 0) is 19.9 Å². The lowest BCUT2D eigenvalue weighted by Crippen LogP contribution is -2.40. The number of hydrogen-bond donors (Lipinski definition) is 1. The minimum Gasteiger partial charge on any atom is -0.357 e. The van der Waals surface area contributed by atoms with Crippen LogP contribution in [0.4, 0.5) is 0 Å². The molecule has 1 aromatic heterocycles. The van der Waals surface area contributed by atoms with Crippen molar-refractivity contribution in [3.63, 3.8) is 0 Å². The van der Waals surface area contributed by atoms with Gasteiger partial charge in [-0.25, -0.2) is 0 Å². The molecule has 1 aliphatic heterocycles. The monoisotopic (exact) mass is 367 g/mol. The zero-order valence-corrected chi connectivity index (χ0v) is 17.2. The standard InChI is InChI=1S/C22H33N5/c1-5-23-22(24-13-11-21-17(2)25-26(4)18(21)3)27-14-12-20(16-27)15-19-9-7-6-8-10-19/h6-10,20H,5,11-16H2,1-4H3,(H,23,24). The number of aryl methyl sites for hydroxylation is 2. The summed E-state index contributed by atoms with van der Waals surface area (Å²) in [5, 5.41) is 8.00. The summed E-state index contributed by atoms with van der Waals surface area (Å²) >= 11 is 0. The van der Waals surface area contributed by atoms with E-state index in [1.54, 1.807) is 0 Å². The van der Waals surface area contributed by atoms with E-state index in [2.05, 4.69) is 66.4 Å². The summed E-state index contributed by atoms with van der Waals surface area (Å²) in [6.45, 7) is 10.3. The minimum atomic E-state index is 0.707. The zero-order valence-electron chi connectivity index (χ0n) is 17.2. The van der Waals surface area contributed by atoms with Gasteiger partial charge in [0.25, 0.3) is 0 Å². The maximum atomic E-state index is 4.92. The number of rotatable bonds is 6. The first-order chi connectivity index (χ1) is 13.1. The largest absolute Gasteiger partial charge is 0.357 e. The van der Waals surface area contributed by atoms with Gasteiger partial charge in [0.15, 0.2) is 5.96 Å². The fourth-order valence-electron chi connectivity index (χ4n) is 4.02. The summed E-state index contributed by atoms with van der Waals surface area (Å²) < 4.78 is 1.97. The van der Waals surface area contributed by atoms with Crippen LogP contribution in [0.3, 0.4) is 0 Å². The second-order valence-corrected chi connectivity index (χ2v) is 7.55. The quantitative estimate of drug-likeness (QED) is 0.630. The molecule has 2 heterocycles. The molecule has 0 bridgehead atoms. The molecular formula is C22H33N5. The van der Waals surface area contributed by atoms with Crippen LogP contribution < -0.4 is 5.32 Å². The Balaban J connectivity index is 1.59. The van der Waals surface area contributed by atoms with Gasteiger partial charge < -0.3 is 10.2 Å². The van der Waals surface area contributed by atoms with Crippen LogP contribution in [0.1, 0.15) is 35.9 Å². The molecule has 0 spiro atoms. The van der Waals surface area contributed by atoms with E-state index in [9.17, 15) is 0 Å². The molecule has 1 N–H and O–H groups in total. The van der Waals surface area contributed by atoms with Gasteiger partial charge in [-0.3, -0.25) is 9.67 Å². The van der Waals surface area contributed by atoms with E-state index in [-0.39, 0.29) is 0 Å². The summed E-state index contributed by atoms with van der Waals surface area (Å²) in [7, 11) is 2.01. The van der Waals surface area contributed by atoms with Crippen LogP contribution in [0.25, 0.3) is 0 Å². The lowest BCUT2D eigenvalue weighted by molar-refractivity contribution is 0.460. The summed E-state index contributed by atoms with van der Waals surface area (Å²) in [4.78, 5) is 7.35. The van der Waals surface area contributed by atoms with Gasteiger partial charge in [-0.1, -0.05) is 30.3 Å². The molecular weight excluding hydrogens is 334 g/mol. The van der Waals surface area contributed by atoms with Gasteiger partial charge in [0.1, 0.15) is 0 Å². The normalized spacial score (nSPS) is 17.6. The molecule has 1 atom stereocenters. The Morgan fingerprint density at radius 3 is 2.70 bits per heavy atom. The van der Waals surface area contributed by atoms with Crippen LogP contribution in [-0.4, -0.2) is 46.8 Å². The molecule has 1 fully saturated rings. The number of benzene rings is 1. The molecule has 5 heteroatoms. The van der Waals surface area contributed by atoms with E-state index < -0.39 is 0 Å². The third-order valence-electron chi connectivity index (χ3n) is 5.57. The predicted molar refractivity (Wildman–Crippen MR) is 112 cm³/mol. The fourth-order valence-corrected chi connectivity index (χ4v) is 4.02. The molecule has 2 aromatic rings. The summed E-state index contributed by atoms with van der Waals surface area (Å²) in [5.41, 5.74) is 5.14. The number of hydrogen-bond acceptors (Lipinski definition) is 2. The Kier molecular flexibility index (Phi) is 6.54. The lowest BCUT2D eigenvalue weighted by atomic mass is 9.99. The van der Waals surface area contributed by atoms with Crippen LogP contribution in [0.2, 0.25) is 0 Å². The zero-order chi connectivity index (χ0) is 19.2. The van der Waals surface area contributed by atoms with Gasteiger partial charge in [0.2, 0.25) is 0 Å². The average molecular weight is 368 g/mol. The number of guanidine groups is 1. The Labute approximate surface area is 163 Å². The van der Waals surface area contributed by atoms with Gasteiger partial charge >= 0.3 is 0 Å². The van der Waals surface area contributed by atoms with Crippen molar-refractivity contribution in [3.05, 3.63) is 52.8 Å². The lowest BCUT2D eigenvalue weighted by Gasteiger charge is -2.21. The van der Waals surface area contributed by atoms with Crippen molar-refractivity contribution in [2.75, 3.05) is 26.2 Å². The molecule has 1 saturated heterocycles. The van der Waals surface area contributed by atoms with Crippen molar-refractivity contribution in [2.45, 2.75) is 40.0 Å². The highest BCUT2D eigenvalue weighted by molar-refractivity contribution is 5.80. The van der Waals surface area contributed by atoms with Crippen LogP contribution in [0.5, 0.6) is 0 Å². The maximum absolute atomic E-state index is 4.92. The Hall–Kier alpha value is -2.30. The van der Waals surface area contributed by atoms with E-state index in [1.807, 2.05) is 11.7 Å². The van der Waals surface area contributed by atoms with Gasteiger partial charge in [-0.15, -0.1) is 0 Å². The highest BCUT2D eigenvalue weighted by Gasteiger charge is 2.25. The third kappa shape index (κ3) is 4.90. The Morgan fingerprint density at radius 2 is 2.04 bits per heavy atom. The van der Waals surface area contributed by atoms with E-state index in [4.69, 9.17) is 4.99 Å². The van der Waals surface area contributed by atoms with Gasteiger partial charge in [0, 0.05) is 38.9 Å². The first kappa shape index (κ1) is 19.5. The molecule has 146 valence electrons. The number of nitrogens with zero attached hydrogens (tertiary/aromatic N) is 4. The number of likely N-dealkylation sites (tertiary alicyclic amines) is 1. The molecule has 5 nitrogen and oxygen atoms in total. The summed E-state index contributed by atoms with van der Waals surface area (Å²) in [6, 6.07) is 10.8. The first-order valence-electron chi connectivity index (χ1n) is 10.1. The van der Waals surface area contributed by atoms with Gasteiger partial charge in [-0.2, -0.15) is 5.10 Å². The molecule has 0 radical (unpaired) electrons. The van der Waals surface area contributed by atoms with Gasteiger partial charge in [0.05, 0.1) is 5.69 Å². The highest BCUT2D eigenvalue weighted by atomic mass is 15.3. The van der Waals surface area contributed by atoms with E-state index in [1.165, 1.54) is 23.2 Å². The fraction of sp³-hybridized carbons (Fsp3) is 0.545. The minimum absolute atomic E-state index is 0.707. The average Bonchev–Trinajstić information content (AvgIpc) is 3.21. The second kappa shape index (κ2) is 9.07. The van der Waals surface area contributed by atoms with Gasteiger partial charge in [-0.05, 0) is 57.1 Å². The van der Waals surface area contributed by atoms with Crippen molar-refractivity contribution in [1.82, 2.24) is 20.0 Å². The number of aromatic nitrogens is 2. The highest BCUT2D eigenvalue weighted by Crippen LogP contribution is 2.21. The van der Waals surface area contributed by atoms with Crippen molar-refractivity contribution in [2.24, 2.45) is 18.0 Å². The Bertz CT molecular complexity index is 763. The Morgan fingerprint density at radius 1 is 1.26 bits per heavy atom. The SMILES string of the molecule is CCNC(=NCCc1c(C)nn(C)c1C)N1CCC(Cc2ccccc2)C1. The topological polar surface area (TPSA) is 45.5 Å². The van der Waals surface area contributed by atoms with Crippen LogP contribution in [0.15, 0.2) is 35.3 Å². The van der Waals surface area contributed by atoms with Crippen molar-refractivity contribution in [3.8, 4) is 0 Å². The molecule has 27 heavy (non-hydrogen) atoms. The molecule has 0 amide bonds. The summed E-state index contributed by atoms with van der Waals surface area (Å²) in [6.07, 6.45) is 3.34. The molecule has 1 unspecified atom stereocenters. The van der Waals surface area contributed by atoms with Crippen molar-refractivity contribution < 1.29 is 0 Å². The molecule has 0 aliphatic carbocycles. The molecule has 3 rings (SSSR count). The van der Waals surface area contributed by atoms with E-state index >= 15 is 0 Å².